The molecule has 38 heavy (non-hydrogen) atoms. The molecule has 1 amide bonds. The molecule has 0 fully saturated rings. The number of anilines is 2. The molecule has 0 saturated carbocycles. The molecule has 1 aromatic heterocycles. The van der Waals surface area contributed by atoms with Gasteiger partial charge in [-0.1, -0.05) is 0 Å². The molecule has 11 nitrogen and oxygen atoms in total. The minimum atomic E-state index is -3.69. The first-order chi connectivity index (χ1) is 18.5. The second-order valence-corrected chi connectivity index (χ2v) is 10.7. The molecule has 3 N–H and O–H groups in total. The molecule has 2 aromatic carbocycles. The molecule has 1 aliphatic heterocycles. The number of carbonyl (C=O) groups is 1. The number of rotatable bonds is 16. The zero-order valence-corrected chi connectivity index (χ0v) is 22.5. The van der Waals surface area contributed by atoms with Crippen molar-refractivity contribution in [3.05, 3.63) is 53.7 Å². The predicted octanol–water partition coefficient (Wildman–Crippen LogP) is 2.68. The van der Waals surface area contributed by atoms with Crippen LogP contribution in [-0.4, -0.2) is 79.2 Å². The average Bonchev–Trinajstić information content (AvgIpc) is 3.51. The van der Waals surface area contributed by atoms with E-state index in [9.17, 15) is 13.2 Å². The molecule has 0 bridgehead atoms. The van der Waals surface area contributed by atoms with Crippen LogP contribution in [0.15, 0.2) is 53.0 Å². The summed E-state index contributed by atoms with van der Waals surface area (Å²) in [5, 5.41) is 5.95. The smallest absolute Gasteiger partial charge is 0.257 e. The lowest BCUT2D eigenvalue weighted by molar-refractivity contribution is -0.110. The zero-order chi connectivity index (χ0) is 26.8. The van der Waals surface area contributed by atoms with Crippen LogP contribution in [0.3, 0.4) is 0 Å². The normalized spacial score (nSPS) is 14.2. The van der Waals surface area contributed by atoms with Crippen molar-refractivity contribution in [2.45, 2.75) is 4.90 Å². The maximum Gasteiger partial charge on any atom is 0.257 e. The van der Waals surface area contributed by atoms with Crippen LogP contribution in [0.1, 0.15) is 5.56 Å². The number of nitrogens with one attached hydrogen (secondary N) is 3. The summed E-state index contributed by atoms with van der Waals surface area (Å²) in [6.45, 7) is 3.11. The van der Waals surface area contributed by atoms with E-state index in [1.807, 2.05) is 12.1 Å². The van der Waals surface area contributed by atoms with Crippen LogP contribution in [0.25, 0.3) is 15.8 Å². The van der Waals surface area contributed by atoms with Crippen LogP contribution >= 0.6 is 11.3 Å². The number of methoxy groups -OCH3 is 1. The van der Waals surface area contributed by atoms with Crippen molar-refractivity contribution < 1.29 is 32.2 Å². The molecule has 3 aromatic rings. The Labute approximate surface area is 225 Å². The van der Waals surface area contributed by atoms with E-state index in [1.54, 1.807) is 31.0 Å². The first-order valence-electron chi connectivity index (χ1n) is 12.0. The van der Waals surface area contributed by atoms with Gasteiger partial charge < -0.3 is 29.6 Å². The van der Waals surface area contributed by atoms with E-state index in [0.29, 0.717) is 50.9 Å². The molecule has 0 atom stereocenters. The number of ether oxygens (including phenoxy) is 4. The van der Waals surface area contributed by atoms with Crippen molar-refractivity contribution in [1.82, 2.24) is 9.71 Å². The highest BCUT2D eigenvalue weighted by Gasteiger charge is 2.27. The molecule has 0 saturated heterocycles. The summed E-state index contributed by atoms with van der Waals surface area (Å²) >= 11 is 1.47. The van der Waals surface area contributed by atoms with Crippen LogP contribution in [-0.2, 0) is 33.8 Å². The van der Waals surface area contributed by atoms with Gasteiger partial charge in [0.2, 0.25) is 10.0 Å². The highest BCUT2D eigenvalue weighted by molar-refractivity contribution is 7.89. The lowest BCUT2D eigenvalue weighted by Crippen LogP contribution is -2.27. The molecule has 2 heterocycles. The molecule has 13 heteroatoms. The van der Waals surface area contributed by atoms with Gasteiger partial charge in [0.1, 0.15) is 0 Å². The minimum absolute atomic E-state index is 0.128. The number of hydrogen-bond donors (Lipinski definition) is 3. The third-order valence-electron chi connectivity index (χ3n) is 5.52. The first-order valence-corrected chi connectivity index (χ1v) is 14.3. The van der Waals surface area contributed by atoms with E-state index in [-0.39, 0.29) is 24.0 Å². The molecule has 204 valence electrons. The standard InChI is InChI=1S/C25H30N4O7S2/c1-33-10-11-35-14-15-36-13-12-34-9-8-28-38(31,32)19-4-2-18(3-5-19)26-16-20-23-21(29-25(20)30)6-7-22-24(23)37-17-27-22/h2-7,16-17,26,28H,8-15H2,1H3,(H,29,30)/b20-16-. The van der Waals surface area contributed by atoms with Gasteiger partial charge in [-0.3, -0.25) is 4.79 Å². The van der Waals surface area contributed by atoms with E-state index < -0.39 is 10.0 Å². The van der Waals surface area contributed by atoms with Crippen LogP contribution in [0.5, 0.6) is 0 Å². The second kappa shape index (κ2) is 13.8. The van der Waals surface area contributed by atoms with Gasteiger partial charge in [0, 0.05) is 31.1 Å². The Balaban J connectivity index is 1.21. The number of carbonyl (C=O) groups excluding carboxylic acids is 1. The fourth-order valence-corrected chi connectivity index (χ4v) is 5.51. The molecule has 0 radical (unpaired) electrons. The Bertz CT molecular complexity index is 1360. The van der Waals surface area contributed by atoms with Crippen molar-refractivity contribution in [3.63, 3.8) is 0 Å². The van der Waals surface area contributed by atoms with Crippen LogP contribution in [0.4, 0.5) is 11.4 Å². The molecule has 4 rings (SSSR count). The number of hydrogen-bond acceptors (Lipinski definition) is 10. The van der Waals surface area contributed by atoms with Crippen molar-refractivity contribution >= 4 is 54.4 Å². The second-order valence-electron chi connectivity index (χ2n) is 8.10. The van der Waals surface area contributed by atoms with E-state index in [1.165, 1.54) is 23.5 Å². The predicted molar refractivity (Wildman–Crippen MR) is 146 cm³/mol. The molecule has 0 unspecified atom stereocenters. The molecular weight excluding hydrogens is 532 g/mol. The third kappa shape index (κ3) is 7.35. The van der Waals surface area contributed by atoms with E-state index in [0.717, 1.165) is 21.5 Å². The van der Waals surface area contributed by atoms with Gasteiger partial charge in [-0.15, -0.1) is 11.3 Å². The topological polar surface area (TPSA) is 137 Å². The molecule has 0 spiro atoms. The van der Waals surface area contributed by atoms with Gasteiger partial charge in [0.15, 0.2) is 0 Å². The van der Waals surface area contributed by atoms with Crippen molar-refractivity contribution in [2.24, 2.45) is 0 Å². The summed E-state index contributed by atoms with van der Waals surface area (Å²) in [7, 11) is -2.07. The summed E-state index contributed by atoms with van der Waals surface area (Å²) in [5.74, 6) is -0.211. The fraction of sp³-hybridized carbons (Fsp3) is 0.360. The van der Waals surface area contributed by atoms with E-state index in [2.05, 4.69) is 20.3 Å². The highest BCUT2D eigenvalue weighted by Crippen LogP contribution is 2.39. The quantitative estimate of drug-likeness (QED) is 0.178. The van der Waals surface area contributed by atoms with Gasteiger partial charge in [0.25, 0.3) is 5.91 Å². The average molecular weight is 563 g/mol. The van der Waals surface area contributed by atoms with Crippen molar-refractivity contribution in [3.8, 4) is 0 Å². The summed E-state index contributed by atoms with van der Waals surface area (Å²) in [6, 6.07) is 9.98. The Morgan fingerprint density at radius 3 is 2.34 bits per heavy atom. The van der Waals surface area contributed by atoms with Gasteiger partial charge in [-0.25, -0.2) is 18.1 Å². The van der Waals surface area contributed by atoms with Crippen molar-refractivity contribution in [1.29, 1.82) is 0 Å². The largest absolute Gasteiger partial charge is 0.382 e. The zero-order valence-electron chi connectivity index (χ0n) is 20.9. The van der Waals surface area contributed by atoms with Gasteiger partial charge >= 0.3 is 0 Å². The SMILES string of the molecule is COCCOCCOCCOCCNS(=O)(=O)c1ccc(N/C=C2\C(=O)Nc3ccc4ncsc4c32)cc1. The van der Waals surface area contributed by atoms with Gasteiger partial charge in [-0.2, -0.15) is 0 Å². The number of thiazole rings is 1. The minimum Gasteiger partial charge on any atom is -0.382 e. The van der Waals surface area contributed by atoms with Gasteiger partial charge in [0.05, 0.1) is 78.1 Å². The number of amides is 1. The summed E-state index contributed by atoms with van der Waals surface area (Å²) in [4.78, 5) is 17.0. The van der Waals surface area contributed by atoms with Crippen LogP contribution in [0, 0.1) is 0 Å². The summed E-state index contributed by atoms with van der Waals surface area (Å²) in [6.07, 6.45) is 1.62. The molecule has 0 aliphatic carbocycles. The fourth-order valence-electron chi connectivity index (χ4n) is 3.64. The number of nitrogens with zero attached hydrogens (tertiary/aromatic N) is 1. The number of benzene rings is 2. The Morgan fingerprint density at radius 1 is 0.947 bits per heavy atom. The lowest BCUT2D eigenvalue weighted by atomic mass is 10.1. The Morgan fingerprint density at radius 2 is 1.63 bits per heavy atom. The van der Waals surface area contributed by atoms with E-state index in [4.69, 9.17) is 18.9 Å². The van der Waals surface area contributed by atoms with E-state index >= 15 is 0 Å². The maximum absolute atomic E-state index is 12.6. The Kier molecular flexibility index (Phi) is 10.2. The third-order valence-corrected chi connectivity index (χ3v) is 7.86. The summed E-state index contributed by atoms with van der Waals surface area (Å²) < 4.78 is 49.5. The first kappa shape index (κ1) is 28.1. The van der Waals surface area contributed by atoms with Crippen molar-refractivity contribution in [2.75, 3.05) is 70.5 Å². The monoisotopic (exact) mass is 562 g/mol. The van der Waals surface area contributed by atoms with Crippen LogP contribution in [0.2, 0.25) is 0 Å². The molecular formula is C25H30N4O7S2. The number of fused-ring (bicyclic) bond motifs is 3. The number of aromatic nitrogens is 1. The Hall–Kier alpha value is -2.91. The maximum atomic E-state index is 12.6. The molecule has 1 aliphatic rings. The highest BCUT2D eigenvalue weighted by atomic mass is 32.2. The van der Waals surface area contributed by atoms with Gasteiger partial charge in [-0.05, 0) is 36.4 Å². The lowest BCUT2D eigenvalue weighted by Gasteiger charge is -2.09. The number of sulfonamides is 1. The van der Waals surface area contributed by atoms with Crippen LogP contribution < -0.4 is 15.4 Å². The summed E-state index contributed by atoms with van der Waals surface area (Å²) in [5.41, 5.74) is 5.27.